The van der Waals surface area contributed by atoms with Crippen molar-refractivity contribution in [3.8, 4) is 5.75 Å². The average molecular weight is 392 g/mol. The summed E-state index contributed by atoms with van der Waals surface area (Å²) in [5.41, 5.74) is 1.07. The molecule has 0 saturated carbocycles. The van der Waals surface area contributed by atoms with Crippen LogP contribution in [-0.4, -0.2) is 20.1 Å². The van der Waals surface area contributed by atoms with E-state index in [4.69, 9.17) is 4.74 Å². The highest BCUT2D eigenvalue weighted by Gasteiger charge is 2.16. The van der Waals surface area contributed by atoms with Gasteiger partial charge in [-0.1, -0.05) is 54.6 Å². The van der Waals surface area contributed by atoms with Crippen LogP contribution in [0.25, 0.3) is 21.5 Å². The number of hydrogen-bond donors (Lipinski definition) is 1. The van der Waals surface area contributed by atoms with Crippen LogP contribution < -0.4 is 4.74 Å². The molecule has 7 heteroatoms. The Hall–Kier alpha value is -3.29. The molecule has 0 bridgehead atoms. The van der Waals surface area contributed by atoms with E-state index in [-0.39, 0.29) is 4.90 Å². The molecule has 0 radical (unpaired) electrons. The quantitative estimate of drug-likeness (QED) is 0.358. The molecule has 0 aliphatic heterocycles. The second kappa shape index (κ2) is 7.03. The molecule has 1 N–H and O–H groups in total. The monoisotopic (exact) mass is 392 g/mol. The maximum absolute atomic E-state index is 11.7. The normalized spacial score (nSPS) is 12.1. The molecule has 6 nitrogen and oxygen atoms in total. The SMILES string of the molecule is COc1ccc2ccccc2c1N=Nc1ccc(S(=O)(=O)O)c2ccccc12. The summed E-state index contributed by atoms with van der Waals surface area (Å²) in [6, 6.07) is 21.2. The van der Waals surface area contributed by atoms with Gasteiger partial charge in [0, 0.05) is 16.2 Å². The predicted molar refractivity (Wildman–Crippen MR) is 108 cm³/mol. The lowest BCUT2D eigenvalue weighted by atomic mass is 10.1. The van der Waals surface area contributed by atoms with Crippen molar-refractivity contribution in [3.05, 3.63) is 72.8 Å². The van der Waals surface area contributed by atoms with Gasteiger partial charge in [-0.25, -0.2) is 0 Å². The van der Waals surface area contributed by atoms with E-state index in [2.05, 4.69) is 10.2 Å². The average Bonchev–Trinajstić information content (AvgIpc) is 2.70. The Morgan fingerprint density at radius 1 is 0.786 bits per heavy atom. The van der Waals surface area contributed by atoms with Crippen LogP contribution in [0.4, 0.5) is 11.4 Å². The fraction of sp³-hybridized carbons (Fsp3) is 0.0476. The number of rotatable bonds is 4. The summed E-state index contributed by atoms with van der Waals surface area (Å²) in [6.07, 6.45) is 0. The van der Waals surface area contributed by atoms with Crippen molar-refractivity contribution in [3.63, 3.8) is 0 Å². The van der Waals surface area contributed by atoms with Gasteiger partial charge in [-0.05, 0) is 23.6 Å². The fourth-order valence-electron chi connectivity index (χ4n) is 3.17. The summed E-state index contributed by atoms with van der Waals surface area (Å²) in [5, 5.41) is 11.6. The van der Waals surface area contributed by atoms with Gasteiger partial charge >= 0.3 is 0 Å². The lowest BCUT2D eigenvalue weighted by Crippen LogP contribution is -1.98. The molecule has 4 aromatic carbocycles. The third kappa shape index (κ3) is 3.21. The molecule has 4 rings (SSSR count). The third-order valence-corrected chi connectivity index (χ3v) is 5.39. The Morgan fingerprint density at radius 3 is 2.18 bits per heavy atom. The molecule has 0 atom stereocenters. The Balaban J connectivity index is 1.91. The first kappa shape index (κ1) is 18.1. The second-order valence-corrected chi connectivity index (χ2v) is 7.53. The highest BCUT2D eigenvalue weighted by Crippen LogP contribution is 2.38. The topological polar surface area (TPSA) is 88.3 Å². The summed E-state index contributed by atoms with van der Waals surface area (Å²) in [6.45, 7) is 0. The summed E-state index contributed by atoms with van der Waals surface area (Å²) in [4.78, 5) is -0.162. The third-order valence-electron chi connectivity index (χ3n) is 4.48. The van der Waals surface area contributed by atoms with Gasteiger partial charge < -0.3 is 4.74 Å². The lowest BCUT2D eigenvalue weighted by molar-refractivity contribution is 0.416. The Kier molecular flexibility index (Phi) is 4.54. The molecule has 0 aliphatic rings. The van der Waals surface area contributed by atoms with Crippen molar-refractivity contribution in [2.75, 3.05) is 7.11 Å². The van der Waals surface area contributed by atoms with E-state index in [1.54, 1.807) is 31.4 Å². The number of azo groups is 1. The van der Waals surface area contributed by atoms with Crippen LogP contribution >= 0.6 is 0 Å². The maximum atomic E-state index is 11.7. The Morgan fingerprint density at radius 2 is 1.46 bits per heavy atom. The molecule has 0 saturated heterocycles. The second-order valence-electron chi connectivity index (χ2n) is 6.14. The highest BCUT2D eigenvalue weighted by molar-refractivity contribution is 7.86. The first-order chi connectivity index (χ1) is 13.5. The molecular formula is C21H16N2O4S. The van der Waals surface area contributed by atoms with Crippen LogP contribution in [0.3, 0.4) is 0 Å². The number of nitrogens with zero attached hydrogens (tertiary/aromatic N) is 2. The molecule has 0 spiro atoms. The minimum atomic E-state index is -4.35. The number of benzene rings is 4. The Bertz CT molecular complexity index is 1330. The van der Waals surface area contributed by atoms with Crippen LogP contribution in [0.2, 0.25) is 0 Å². The van der Waals surface area contributed by atoms with E-state index in [0.717, 1.165) is 10.8 Å². The van der Waals surface area contributed by atoms with Crippen molar-refractivity contribution < 1.29 is 17.7 Å². The van der Waals surface area contributed by atoms with Gasteiger partial charge in [-0.2, -0.15) is 8.42 Å². The Labute approximate surface area is 161 Å². The molecule has 140 valence electrons. The zero-order valence-corrected chi connectivity index (χ0v) is 15.7. The van der Waals surface area contributed by atoms with Crippen LogP contribution in [-0.2, 0) is 10.1 Å². The van der Waals surface area contributed by atoms with E-state index in [1.165, 1.54) is 12.1 Å². The zero-order valence-electron chi connectivity index (χ0n) is 14.9. The molecule has 0 fully saturated rings. The smallest absolute Gasteiger partial charge is 0.295 e. The van der Waals surface area contributed by atoms with Gasteiger partial charge in [0.1, 0.15) is 16.3 Å². The summed E-state index contributed by atoms with van der Waals surface area (Å²) in [5.74, 6) is 0.585. The van der Waals surface area contributed by atoms with Crippen molar-refractivity contribution >= 4 is 43.0 Å². The zero-order chi connectivity index (χ0) is 19.7. The standard InChI is InChI=1S/C21H16N2O4S/c1-27-19-12-10-14-6-2-3-7-15(14)21(19)23-22-18-11-13-20(28(24,25)26)17-9-5-4-8-16(17)18/h2-13H,1H3,(H,24,25,26). The first-order valence-corrected chi connectivity index (χ1v) is 9.90. The van der Waals surface area contributed by atoms with Crippen molar-refractivity contribution in [1.29, 1.82) is 0 Å². The molecule has 0 unspecified atom stereocenters. The van der Waals surface area contributed by atoms with Crippen LogP contribution in [0.5, 0.6) is 5.75 Å². The lowest BCUT2D eigenvalue weighted by Gasteiger charge is -2.08. The maximum Gasteiger partial charge on any atom is 0.295 e. The largest absolute Gasteiger partial charge is 0.494 e. The van der Waals surface area contributed by atoms with Crippen LogP contribution in [0.15, 0.2) is 87.9 Å². The van der Waals surface area contributed by atoms with Crippen molar-refractivity contribution in [2.24, 2.45) is 10.2 Å². The van der Waals surface area contributed by atoms with Gasteiger partial charge in [0.15, 0.2) is 0 Å². The predicted octanol–water partition coefficient (Wildman–Crippen LogP) is 5.66. The molecule has 0 aromatic heterocycles. The minimum absolute atomic E-state index is 0.162. The van der Waals surface area contributed by atoms with Gasteiger partial charge in [-0.15, -0.1) is 10.2 Å². The van der Waals surface area contributed by atoms with E-state index < -0.39 is 10.1 Å². The first-order valence-electron chi connectivity index (χ1n) is 8.46. The minimum Gasteiger partial charge on any atom is -0.494 e. The number of fused-ring (bicyclic) bond motifs is 2. The molecular weight excluding hydrogens is 376 g/mol. The van der Waals surface area contributed by atoms with Crippen molar-refractivity contribution in [2.45, 2.75) is 4.90 Å². The summed E-state index contributed by atoms with van der Waals surface area (Å²) < 4.78 is 38.2. The molecule has 0 aliphatic carbocycles. The van der Waals surface area contributed by atoms with E-state index in [1.807, 2.05) is 36.4 Å². The fourth-order valence-corrected chi connectivity index (χ4v) is 3.87. The van der Waals surface area contributed by atoms with Gasteiger partial charge in [-0.3, -0.25) is 4.55 Å². The van der Waals surface area contributed by atoms with Crippen molar-refractivity contribution in [1.82, 2.24) is 0 Å². The molecule has 28 heavy (non-hydrogen) atoms. The van der Waals surface area contributed by atoms with Gasteiger partial charge in [0.25, 0.3) is 10.1 Å². The summed E-state index contributed by atoms with van der Waals surface area (Å²) >= 11 is 0. The molecule has 0 amide bonds. The highest BCUT2D eigenvalue weighted by atomic mass is 32.2. The van der Waals surface area contributed by atoms with Crippen LogP contribution in [0, 0.1) is 0 Å². The van der Waals surface area contributed by atoms with E-state index in [9.17, 15) is 13.0 Å². The number of ether oxygens (including phenoxy) is 1. The number of hydrogen-bond acceptors (Lipinski definition) is 5. The van der Waals surface area contributed by atoms with E-state index >= 15 is 0 Å². The summed E-state index contributed by atoms with van der Waals surface area (Å²) in [7, 11) is -2.78. The van der Waals surface area contributed by atoms with Gasteiger partial charge in [0.05, 0.1) is 12.8 Å². The van der Waals surface area contributed by atoms with Gasteiger partial charge in [0.2, 0.25) is 0 Å². The van der Waals surface area contributed by atoms with Crippen LogP contribution in [0.1, 0.15) is 0 Å². The molecule has 0 heterocycles. The number of methoxy groups -OCH3 is 1. The van der Waals surface area contributed by atoms with E-state index in [0.29, 0.717) is 27.9 Å². The molecule has 4 aromatic rings.